The van der Waals surface area contributed by atoms with E-state index in [9.17, 15) is 4.79 Å². The molecule has 1 N–H and O–H groups in total. The van der Waals surface area contributed by atoms with Crippen LogP contribution in [0.2, 0.25) is 0 Å². The molecule has 0 unspecified atom stereocenters. The van der Waals surface area contributed by atoms with Crippen molar-refractivity contribution in [3.8, 4) is 0 Å². The molecule has 0 aromatic carbocycles. The number of carbonyl (C=O) groups excluding carboxylic acids is 1. The Balaban J connectivity index is 1.82. The number of fused-ring (bicyclic) bond motifs is 1. The standard InChI is InChI=1S/C11H6BrN3OS2/c12-9-4-14-10(5-13-9)15-11(16)8-3-7-6(18-8)1-2-17-7/h1-5H,(H,14,15,16). The van der Waals surface area contributed by atoms with Gasteiger partial charge >= 0.3 is 0 Å². The zero-order valence-electron chi connectivity index (χ0n) is 8.88. The van der Waals surface area contributed by atoms with E-state index in [4.69, 9.17) is 0 Å². The number of anilines is 1. The van der Waals surface area contributed by atoms with E-state index in [1.807, 2.05) is 17.5 Å². The average Bonchev–Trinajstić information content (AvgIpc) is 2.92. The van der Waals surface area contributed by atoms with Gasteiger partial charge < -0.3 is 5.32 Å². The molecule has 1 amide bonds. The molecule has 0 atom stereocenters. The van der Waals surface area contributed by atoms with E-state index in [-0.39, 0.29) is 5.91 Å². The fourth-order valence-corrected chi connectivity index (χ4v) is 3.64. The van der Waals surface area contributed by atoms with E-state index in [1.165, 1.54) is 17.5 Å². The lowest BCUT2D eigenvalue weighted by Gasteiger charge is -2.01. The summed E-state index contributed by atoms with van der Waals surface area (Å²) in [7, 11) is 0. The lowest BCUT2D eigenvalue weighted by Crippen LogP contribution is -2.11. The van der Waals surface area contributed by atoms with Crippen LogP contribution in [0.3, 0.4) is 0 Å². The van der Waals surface area contributed by atoms with Crippen molar-refractivity contribution < 1.29 is 4.79 Å². The minimum Gasteiger partial charge on any atom is -0.305 e. The number of hydrogen-bond donors (Lipinski definition) is 1. The first-order valence-corrected chi connectivity index (χ1v) is 7.47. The van der Waals surface area contributed by atoms with E-state index < -0.39 is 0 Å². The van der Waals surface area contributed by atoms with Gasteiger partial charge in [0.15, 0.2) is 5.82 Å². The van der Waals surface area contributed by atoms with Crippen molar-refractivity contribution in [2.24, 2.45) is 0 Å². The molecular weight excluding hydrogens is 334 g/mol. The van der Waals surface area contributed by atoms with Gasteiger partial charge in [-0.15, -0.1) is 22.7 Å². The van der Waals surface area contributed by atoms with Gasteiger partial charge in [-0.1, -0.05) is 0 Å². The van der Waals surface area contributed by atoms with E-state index in [1.54, 1.807) is 17.5 Å². The van der Waals surface area contributed by atoms with Gasteiger partial charge in [-0.05, 0) is 33.4 Å². The molecule has 3 rings (SSSR count). The van der Waals surface area contributed by atoms with Crippen LogP contribution in [0.1, 0.15) is 9.67 Å². The molecular formula is C11H6BrN3OS2. The van der Waals surface area contributed by atoms with Crippen LogP contribution in [-0.4, -0.2) is 15.9 Å². The largest absolute Gasteiger partial charge is 0.305 e. The molecule has 7 heteroatoms. The Morgan fingerprint density at radius 2 is 2.17 bits per heavy atom. The highest BCUT2D eigenvalue weighted by Gasteiger charge is 2.11. The van der Waals surface area contributed by atoms with Crippen molar-refractivity contribution in [3.05, 3.63) is 39.4 Å². The summed E-state index contributed by atoms with van der Waals surface area (Å²) in [5.41, 5.74) is 0. The Labute approximate surface area is 119 Å². The van der Waals surface area contributed by atoms with Crippen LogP contribution >= 0.6 is 38.6 Å². The number of amides is 1. The third kappa shape index (κ3) is 2.29. The Morgan fingerprint density at radius 3 is 2.89 bits per heavy atom. The van der Waals surface area contributed by atoms with Crippen LogP contribution in [0.4, 0.5) is 5.82 Å². The lowest BCUT2D eigenvalue weighted by atomic mass is 10.4. The van der Waals surface area contributed by atoms with Gasteiger partial charge in [0.25, 0.3) is 5.91 Å². The first kappa shape index (κ1) is 11.8. The maximum atomic E-state index is 12.0. The van der Waals surface area contributed by atoms with Gasteiger partial charge in [0.05, 0.1) is 17.3 Å². The molecule has 4 nitrogen and oxygen atoms in total. The molecule has 0 aliphatic heterocycles. The summed E-state index contributed by atoms with van der Waals surface area (Å²) in [6.07, 6.45) is 3.06. The summed E-state index contributed by atoms with van der Waals surface area (Å²) in [4.78, 5) is 20.7. The van der Waals surface area contributed by atoms with Gasteiger partial charge in [0, 0.05) is 9.40 Å². The van der Waals surface area contributed by atoms with Gasteiger partial charge in [0.2, 0.25) is 0 Å². The molecule has 18 heavy (non-hydrogen) atoms. The molecule has 0 spiro atoms. The van der Waals surface area contributed by atoms with Gasteiger partial charge in [0.1, 0.15) is 4.60 Å². The highest BCUT2D eigenvalue weighted by Crippen LogP contribution is 2.30. The topological polar surface area (TPSA) is 54.9 Å². The van der Waals surface area contributed by atoms with Crippen molar-refractivity contribution in [1.82, 2.24) is 9.97 Å². The summed E-state index contributed by atoms with van der Waals surface area (Å²) >= 11 is 6.30. The van der Waals surface area contributed by atoms with E-state index in [2.05, 4.69) is 31.2 Å². The fraction of sp³-hybridized carbons (Fsp3) is 0. The Bertz CT molecular complexity index is 676. The van der Waals surface area contributed by atoms with Crippen LogP contribution in [0.15, 0.2) is 34.5 Å². The van der Waals surface area contributed by atoms with Crippen LogP contribution < -0.4 is 5.32 Å². The lowest BCUT2D eigenvalue weighted by molar-refractivity contribution is 0.103. The second-order valence-electron chi connectivity index (χ2n) is 3.44. The normalized spacial score (nSPS) is 10.7. The quantitative estimate of drug-likeness (QED) is 0.773. The first-order valence-electron chi connectivity index (χ1n) is 4.98. The van der Waals surface area contributed by atoms with Gasteiger partial charge in [-0.25, -0.2) is 9.97 Å². The summed E-state index contributed by atoms with van der Waals surface area (Å²) in [5.74, 6) is 0.292. The maximum Gasteiger partial charge on any atom is 0.266 e. The summed E-state index contributed by atoms with van der Waals surface area (Å²) in [5, 5.41) is 4.73. The number of carbonyl (C=O) groups is 1. The highest BCUT2D eigenvalue weighted by molar-refractivity contribution is 9.10. The molecule has 0 saturated carbocycles. The summed E-state index contributed by atoms with van der Waals surface area (Å²) in [6.45, 7) is 0. The van der Waals surface area contributed by atoms with E-state index >= 15 is 0 Å². The number of nitrogens with zero attached hydrogens (tertiary/aromatic N) is 2. The number of aromatic nitrogens is 2. The molecule has 0 radical (unpaired) electrons. The third-order valence-corrected chi connectivity index (χ3v) is 4.73. The highest BCUT2D eigenvalue weighted by atomic mass is 79.9. The molecule has 3 aromatic rings. The molecule has 3 aromatic heterocycles. The second kappa shape index (κ2) is 4.75. The zero-order chi connectivity index (χ0) is 12.5. The van der Waals surface area contributed by atoms with Crippen LogP contribution in [-0.2, 0) is 0 Å². The van der Waals surface area contributed by atoms with Crippen molar-refractivity contribution in [1.29, 1.82) is 0 Å². The van der Waals surface area contributed by atoms with Crippen LogP contribution in [0.25, 0.3) is 9.40 Å². The molecule has 90 valence electrons. The van der Waals surface area contributed by atoms with E-state index in [0.29, 0.717) is 15.3 Å². The number of hydrogen-bond acceptors (Lipinski definition) is 5. The molecule has 0 fully saturated rings. The third-order valence-electron chi connectivity index (χ3n) is 2.23. The Kier molecular flexibility index (Phi) is 3.11. The number of halogens is 1. The van der Waals surface area contributed by atoms with Crippen LogP contribution in [0.5, 0.6) is 0 Å². The second-order valence-corrected chi connectivity index (χ2v) is 6.28. The predicted molar refractivity (Wildman–Crippen MR) is 77.4 cm³/mol. The predicted octanol–water partition coefficient (Wildman–Crippen LogP) is 3.77. The molecule has 3 heterocycles. The summed E-state index contributed by atoms with van der Waals surface area (Å²) in [6, 6.07) is 3.91. The fourth-order valence-electron chi connectivity index (χ4n) is 1.43. The van der Waals surface area contributed by atoms with E-state index in [0.717, 1.165) is 9.40 Å². The smallest absolute Gasteiger partial charge is 0.266 e. The number of rotatable bonds is 2. The minimum absolute atomic E-state index is 0.153. The first-order chi connectivity index (χ1) is 8.72. The number of nitrogens with one attached hydrogen (secondary N) is 1. The number of thiophene rings is 2. The van der Waals surface area contributed by atoms with Crippen LogP contribution in [0, 0.1) is 0 Å². The summed E-state index contributed by atoms with van der Waals surface area (Å²) < 4.78 is 2.90. The zero-order valence-corrected chi connectivity index (χ0v) is 12.1. The van der Waals surface area contributed by atoms with Crippen molar-refractivity contribution >= 4 is 59.7 Å². The monoisotopic (exact) mass is 339 g/mol. The molecule has 0 aliphatic carbocycles. The van der Waals surface area contributed by atoms with Crippen molar-refractivity contribution in [3.63, 3.8) is 0 Å². The van der Waals surface area contributed by atoms with Crippen molar-refractivity contribution in [2.45, 2.75) is 0 Å². The minimum atomic E-state index is -0.153. The van der Waals surface area contributed by atoms with Crippen molar-refractivity contribution in [2.75, 3.05) is 5.32 Å². The maximum absolute atomic E-state index is 12.0. The Morgan fingerprint density at radius 1 is 1.28 bits per heavy atom. The van der Waals surface area contributed by atoms with Gasteiger partial charge in [-0.3, -0.25) is 4.79 Å². The SMILES string of the molecule is O=C(Nc1cnc(Br)cn1)c1cc2sccc2s1. The average molecular weight is 340 g/mol. The molecule has 0 saturated heterocycles. The van der Waals surface area contributed by atoms with Gasteiger partial charge in [-0.2, -0.15) is 0 Å². The Hall–Kier alpha value is -1.31. The molecule has 0 bridgehead atoms. The molecule has 0 aliphatic rings.